The van der Waals surface area contributed by atoms with Crippen molar-refractivity contribution in [3.63, 3.8) is 0 Å². The largest absolute Gasteiger partial charge is 0.469 e. The standard InChI is InChI=1S/C17H19N3O4/c1-19-14-12(4-3-7-18-14)10-13(15(19)21)16(22)20-8-5-11(6-9-20)17(23)24-2/h3-4,7,10-11H,5-6,8-9H2,1-2H3. The average molecular weight is 329 g/mol. The normalized spacial score (nSPS) is 15.5. The van der Waals surface area contributed by atoms with Crippen molar-refractivity contribution in [3.8, 4) is 0 Å². The lowest BCUT2D eigenvalue weighted by Gasteiger charge is -2.30. The second-order valence-electron chi connectivity index (χ2n) is 5.93. The van der Waals surface area contributed by atoms with Crippen molar-refractivity contribution in [3.05, 3.63) is 40.3 Å². The molecule has 0 radical (unpaired) electrons. The number of pyridine rings is 2. The average Bonchev–Trinajstić information content (AvgIpc) is 2.63. The van der Waals surface area contributed by atoms with Crippen molar-refractivity contribution in [2.24, 2.45) is 13.0 Å². The Bertz CT molecular complexity index is 851. The fourth-order valence-electron chi connectivity index (χ4n) is 3.10. The van der Waals surface area contributed by atoms with Crippen LogP contribution >= 0.6 is 0 Å². The highest BCUT2D eigenvalue weighted by molar-refractivity contribution is 5.97. The van der Waals surface area contributed by atoms with Crippen LogP contribution in [0.2, 0.25) is 0 Å². The molecule has 7 heteroatoms. The zero-order valence-corrected chi connectivity index (χ0v) is 13.7. The van der Waals surface area contributed by atoms with E-state index in [1.54, 1.807) is 30.3 Å². The maximum Gasteiger partial charge on any atom is 0.308 e. The van der Waals surface area contributed by atoms with Gasteiger partial charge in [-0.1, -0.05) is 0 Å². The van der Waals surface area contributed by atoms with Gasteiger partial charge in [-0.15, -0.1) is 0 Å². The number of carbonyl (C=O) groups excluding carboxylic acids is 2. The Labute approximate surface area is 138 Å². The van der Waals surface area contributed by atoms with Crippen LogP contribution in [-0.2, 0) is 16.6 Å². The van der Waals surface area contributed by atoms with E-state index in [0.29, 0.717) is 31.6 Å². The fraction of sp³-hybridized carbons (Fsp3) is 0.412. The molecule has 7 nitrogen and oxygen atoms in total. The van der Waals surface area contributed by atoms with E-state index in [2.05, 4.69) is 4.98 Å². The third kappa shape index (κ3) is 2.77. The topological polar surface area (TPSA) is 81.5 Å². The second kappa shape index (κ2) is 6.43. The predicted octanol–water partition coefficient (Wildman–Crippen LogP) is 0.959. The first kappa shape index (κ1) is 16.2. The van der Waals surface area contributed by atoms with Crippen molar-refractivity contribution < 1.29 is 14.3 Å². The summed E-state index contributed by atoms with van der Waals surface area (Å²) in [4.78, 5) is 42.6. The summed E-state index contributed by atoms with van der Waals surface area (Å²) in [6.07, 6.45) is 2.71. The quantitative estimate of drug-likeness (QED) is 0.767. The molecule has 2 aromatic rings. The van der Waals surface area contributed by atoms with Crippen LogP contribution in [0.3, 0.4) is 0 Å². The molecule has 2 aromatic heterocycles. The molecule has 0 aromatic carbocycles. The van der Waals surface area contributed by atoms with Crippen LogP contribution < -0.4 is 5.56 Å². The van der Waals surface area contributed by atoms with Crippen molar-refractivity contribution in [2.75, 3.05) is 20.2 Å². The van der Waals surface area contributed by atoms with Gasteiger partial charge in [0.05, 0.1) is 13.0 Å². The summed E-state index contributed by atoms with van der Waals surface area (Å²) in [5, 5.41) is 0.743. The SMILES string of the molecule is COC(=O)C1CCN(C(=O)c2cc3cccnc3n(C)c2=O)CC1. The number of piperidine rings is 1. The van der Waals surface area contributed by atoms with Crippen LogP contribution in [0.5, 0.6) is 0 Å². The number of hydrogen-bond acceptors (Lipinski definition) is 5. The van der Waals surface area contributed by atoms with Crippen molar-refractivity contribution in [2.45, 2.75) is 12.8 Å². The predicted molar refractivity (Wildman–Crippen MR) is 87.6 cm³/mol. The van der Waals surface area contributed by atoms with Gasteiger partial charge in [0.25, 0.3) is 11.5 Å². The molecule has 1 fully saturated rings. The van der Waals surface area contributed by atoms with Gasteiger partial charge in [0.15, 0.2) is 0 Å². The minimum Gasteiger partial charge on any atom is -0.469 e. The zero-order valence-electron chi connectivity index (χ0n) is 13.7. The van der Waals surface area contributed by atoms with E-state index in [4.69, 9.17) is 4.74 Å². The molecule has 0 spiro atoms. The lowest BCUT2D eigenvalue weighted by molar-refractivity contribution is -0.146. The smallest absolute Gasteiger partial charge is 0.308 e. The minimum absolute atomic E-state index is 0.134. The van der Waals surface area contributed by atoms with Crippen LogP contribution in [-0.4, -0.2) is 46.5 Å². The van der Waals surface area contributed by atoms with Gasteiger partial charge in [-0.05, 0) is 31.0 Å². The van der Waals surface area contributed by atoms with E-state index in [1.165, 1.54) is 11.7 Å². The highest BCUT2D eigenvalue weighted by Crippen LogP contribution is 2.20. The van der Waals surface area contributed by atoms with E-state index in [0.717, 1.165) is 5.39 Å². The summed E-state index contributed by atoms with van der Waals surface area (Å²) in [5.74, 6) is -0.720. The highest BCUT2D eigenvalue weighted by atomic mass is 16.5. The molecule has 0 unspecified atom stereocenters. The minimum atomic E-state index is -0.360. The highest BCUT2D eigenvalue weighted by Gasteiger charge is 2.29. The Balaban J connectivity index is 1.86. The van der Waals surface area contributed by atoms with Crippen LogP contribution in [0.1, 0.15) is 23.2 Å². The van der Waals surface area contributed by atoms with Gasteiger partial charge >= 0.3 is 5.97 Å². The molecule has 1 aliphatic rings. The summed E-state index contributed by atoms with van der Waals surface area (Å²) in [7, 11) is 2.98. The van der Waals surface area contributed by atoms with Crippen LogP contribution in [0, 0.1) is 5.92 Å². The van der Waals surface area contributed by atoms with E-state index in [-0.39, 0.29) is 28.9 Å². The van der Waals surface area contributed by atoms with Gasteiger partial charge in [-0.3, -0.25) is 19.0 Å². The maximum atomic E-state index is 12.7. The van der Waals surface area contributed by atoms with E-state index in [9.17, 15) is 14.4 Å². The molecule has 0 saturated carbocycles. The number of likely N-dealkylation sites (tertiary alicyclic amines) is 1. The zero-order chi connectivity index (χ0) is 17.3. The maximum absolute atomic E-state index is 12.7. The van der Waals surface area contributed by atoms with Crippen molar-refractivity contribution >= 4 is 22.9 Å². The number of aromatic nitrogens is 2. The monoisotopic (exact) mass is 329 g/mol. The number of esters is 1. The molecule has 0 N–H and O–H groups in total. The first-order valence-corrected chi connectivity index (χ1v) is 7.84. The molecule has 3 rings (SSSR count). The first-order valence-electron chi connectivity index (χ1n) is 7.84. The lowest BCUT2D eigenvalue weighted by atomic mass is 9.96. The van der Waals surface area contributed by atoms with Crippen molar-refractivity contribution in [1.29, 1.82) is 0 Å². The number of carbonyl (C=O) groups is 2. The Morgan fingerprint density at radius 1 is 1.29 bits per heavy atom. The number of ether oxygens (including phenoxy) is 1. The Kier molecular flexibility index (Phi) is 4.33. The number of rotatable bonds is 2. The molecule has 3 heterocycles. The molecule has 1 aliphatic heterocycles. The fourth-order valence-corrected chi connectivity index (χ4v) is 3.10. The number of aryl methyl sites for hydroxylation is 1. The number of amides is 1. The number of nitrogens with zero attached hydrogens (tertiary/aromatic N) is 3. The number of fused-ring (bicyclic) bond motifs is 1. The summed E-state index contributed by atoms with van der Waals surface area (Å²) in [6, 6.07) is 5.18. The summed E-state index contributed by atoms with van der Waals surface area (Å²) in [6.45, 7) is 0.875. The second-order valence-corrected chi connectivity index (χ2v) is 5.93. The molecule has 126 valence electrons. The van der Waals surface area contributed by atoms with Gasteiger partial charge in [0, 0.05) is 31.7 Å². The van der Waals surface area contributed by atoms with Crippen LogP contribution in [0.15, 0.2) is 29.2 Å². The van der Waals surface area contributed by atoms with E-state index >= 15 is 0 Å². The number of hydrogen-bond donors (Lipinski definition) is 0. The van der Waals surface area contributed by atoms with Gasteiger partial charge in [0.1, 0.15) is 11.2 Å². The van der Waals surface area contributed by atoms with E-state index < -0.39 is 0 Å². The molecular formula is C17H19N3O4. The molecule has 24 heavy (non-hydrogen) atoms. The van der Waals surface area contributed by atoms with Crippen molar-refractivity contribution in [1.82, 2.24) is 14.5 Å². The Morgan fingerprint density at radius 2 is 2.00 bits per heavy atom. The van der Waals surface area contributed by atoms with Gasteiger partial charge in [-0.25, -0.2) is 4.98 Å². The third-order valence-electron chi connectivity index (χ3n) is 4.52. The molecule has 1 amide bonds. The first-order chi connectivity index (χ1) is 11.5. The summed E-state index contributed by atoms with van der Waals surface area (Å²) < 4.78 is 6.14. The summed E-state index contributed by atoms with van der Waals surface area (Å²) in [5.41, 5.74) is 0.319. The third-order valence-corrected chi connectivity index (χ3v) is 4.52. The molecule has 0 aliphatic carbocycles. The van der Waals surface area contributed by atoms with Crippen LogP contribution in [0.4, 0.5) is 0 Å². The molecule has 0 atom stereocenters. The summed E-state index contributed by atoms with van der Waals surface area (Å²) >= 11 is 0. The molecule has 1 saturated heterocycles. The molecule has 0 bridgehead atoms. The van der Waals surface area contributed by atoms with Gasteiger partial charge in [-0.2, -0.15) is 0 Å². The van der Waals surface area contributed by atoms with Crippen LogP contribution in [0.25, 0.3) is 11.0 Å². The Morgan fingerprint density at radius 3 is 2.67 bits per heavy atom. The number of methoxy groups -OCH3 is 1. The van der Waals surface area contributed by atoms with Gasteiger partial charge in [0.2, 0.25) is 0 Å². The Hall–Kier alpha value is -2.70. The molecular weight excluding hydrogens is 310 g/mol. The van der Waals surface area contributed by atoms with E-state index in [1.807, 2.05) is 6.07 Å². The lowest BCUT2D eigenvalue weighted by Crippen LogP contribution is -2.42. The van der Waals surface area contributed by atoms with Gasteiger partial charge < -0.3 is 9.64 Å².